The van der Waals surface area contributed by atoms with Crippen LogP contribution >= 0.6 is 11.6 Å². The molecule has 1 aliphatic carbocycles. The first-order valence-corrected chi connectivity index (χ1v) is 22.2. The predicted molar refractivity (Wildman–Crippen MR) is 268 cm³/mol. The van der Waals surface area contributed by atoms with Gasteiger partial charge in [0.1, 0.15) is 23.7 Å². The van der Waals surface area contributed by atoms with E-state index in [-0.39, 0.29) is 40.8 Å². The van der Waals surface area contributed by atoms with E-state index >= 15 is 0 Å². The number of para-hydroxylation sites is 3. The van der Waals surface area contributed by atoms with Crippen LogP contribution in [0.4, 0.5) is 34.1 Å². The highest BCUT2D eigenvalue weighted by Gasteiger charge is 2.28. The van der Waals surface area contributed by atoms with E-state index in [0.717, 1.165) is 38.3 Å². The number of rotatable bonds is 11. The SMILES string of the molecule is CCc1ccccc1NC(=O)c1cc2ccc3c4ccccc4[nH]c3c2c(N=Nc2ccc3c(c2)C(=O)c2cc(N=Nc4c(O)c(CONc5ccccc5Cl)cc5ccccc45)ccc2-3)c1O. The second-order valence-corrected chi connectivity index (χ2v) is 16.8. The van der Waals surface area contributed by atoms with Crippen LogP contribution < -0.4 is 10.8 Å². The Morgan fingerprint density at radius 1 is 0.618 bits per heavy atom. The van der Waals surface area contributed by atoms with Gasteiger partial charge < -0.3 is 20.5 Å². The number of benzene rings is 9. The fraction of sp³-hybridized carbons (Fsp3) is 0.0545. The summed E-state index contributed by atoms with van der Waals surface area (Å²) in [6.07, 6.45) is 0.707. The number of aryl methyl sites for hydroxylation is 1. The van der Waals surface area contributed by atoms with Crippen molar-refractivity contribution < 1.29 is 24.6 Å². The van der Waals surface area contributed by atoms with E-state index in [1.807, 2.05) is 122 Å². The van der Waals surface area contributed by atoms with Gasteiger partial charge in [-0.2, -0.15) is 10.2 Å². The summed E-state index contributed by atoms with van der Waals surface area (Å²) in [4.78, 5) is 37.3. The van der Waals surface area contributed by atoms with Crippen molar-refractivity contribution in [1.82, 2.24) is 4.98 Å². The Kier molecular flexibility index (Phi) is 10.6. The summed E-state index contributed by atoms with van der Waals surface area (Å²) in [5.41, 5.74) is 10.6. The Bertz CT molecular complexity index is 3790. The van der Waals surface area contributed by atoms with Gasteiger partial charge in [0.2, 0.25) is 0 Å². The van der Waals surface area contributed by atoms with Gasteiger partial charge in [0.05, 0.1) is 33.2 Å². The number of H-pyrrole nitrogens is 1. The molecular weight excluding hydrogens is 874 g/mol. The highest BCUT2D eigenvalue weighted by Crippen LogP contribution is 2.46. The van der Waals surface area contributed by atoms with Crippen LogP contribution in [0.1, 0.15) is 44.3 Å². The number of aromatic amines is 1. The van der Waals surface area contributed by atoms with E-state index < -0.39 is 5.91 Å². The highest BCUT2D eigenvalue weighted by atomic mass is 35.5. The van der Waals surface area contributed by atoms with Gasteiger partial charge in [-0.1, -0.05) is 116 Å². The van der Waals surface area contributed by atoms with Gasteiger partial charge in [-0.3, -0.25) is 19.9 Å². The summed E-state index contributed by atoms with van der Waals surface area (Å²) < 4.78 is 0. The minimum Gasteiger partial charge on any atom is -0.505 e. The van der Waals surface area contributed by atoms with Crippen molar-refractivity contribution >= 4 is 101 Å². The van der Waals surface area contributed by atoms with Crippen LogP contribution in [0, 0.1) is 0 Å². The second-order valence-electron chi connectivity index (χ2n) is 16.4. The van der Waals surface area contributed by atoms with Crippen molar-refractivity contribution in [2.75, 3.05) is 10.8 Å². The van der Waals surface area contributed by atoms with E-state index in [1.54, 1.807) is 42.5 Å². The molecule has 0 spiro atoms. The van der Waals surface area contributed by atoms with Gasteiger partial charge in [-0.25, -0.2) is 0 Å². The fourth-order valence-corrected chi connectivity index (χ4v) is 9.08. The summed E-state index contributed by atoms with van der Waals surface area (Å²) in [5.74, 6) is -1.16. The maximum atomic E-state index is 14.1. The number of carbonyl (C=O) groups is 2. The predicted octanol–water partition coefficient (Wildman–Crippen LogP) is 15.1. The van der Waals surface area contributed by atoms with E-state index in [1.165, 1.54) is 0 Å². The van der Waals surface area contributed by atoms with Crippen molar-refractivity contribution in [2.24, 2.45) is 20.5 Å². The molecule has 13 heteroatoms. The van der Waals surface area contributed by atoms with E-state index in [9.17, 15) is 19.8 Å². The molecule has 1 aliphatic rings. The van der Waals surface area contributed by atoms with E-state index in [0.29, 0.717) is 72.6 Å². The molecule has 0 radical (unpaired) electrons. The van der Waals surface area contributed by atoms with Crippen LogP contribution in [-0.2, 0) is 17.9 Å². The molecule has 10 aromatic rings. The van der Waals surface area contributed by atoms with E-state index in [2.05, 4.69) is 36.2 Å². The topological polar surface area (TPSA) is 173 Å². The Balaban J connectivity index is 0.907. The zero-order valence-corrected chi connectivity index (χ0v) is 37.0. The molecule has 330 valence electrons. The lowest BCUT2D eigenvalue weighted by molar-refractivity contribution is 0.102. The Hall–Kier alpha value is -8.71. The van der Waals surface area contributed by atoms with Gasteiger partial charge in [0.15, 0.2) is 11.5 Å². The number of azo groups is 2. The number of phenols is 2. The van der Waals surface area contributed by atoms with Crippen LogP contribution in [0.3, 0.4) is 0 Å². The Labute approximate surface area is 393 Å². The Morgan fingerprint density at radius 3 is 2.03 bits per heavy atom. The van der Waals surface area contributed by atoms with Gasteiger partial charge in [-0.05, 0) is 94.5 Å². The van der Waals surface area contributed by atoms with Crippen molar-refractivity contribution in [3.63, 3.8) is 0 Å². The zero-order valence-electron chi connectivity index (χ0n) is 36.2. The number of aromatic nitrogens is 1. The molecule has 11 rings (SSSR count). The molecule has 5 N–H and O–H groups in total. The summed E-state index contributed by atoms with van der Waals surface area (Å²) in [6.45, 7) is 2.01. The van der Waals surface area contributed by atoms with Crippen molar-refractivity contribution in [1.29, 1.82) is 0 Å². The molecule has 0 aliphatic heterocycles. The minimum atomic E-state index is -0.496. The normalized spacial score (nSPS) is 12.2. The summed E-state index contributed by atoms with van der Waals surface area (Å²) in [5, 5.41) is 49.8. The molecule has 9 aromatic carbocycles. The third kappa shape index (κ3) is 7.43. The molecule has 0 bridgehead atoms. The number of fused-ring (bicyclic) bond motifs is 9. The summed E-state index contributed by atoms with van der Waals surface area (Å²) in [7, 11) is 0. The lowest BCUT2D eigenvalue weighted by Crippen LogP contribution is -2.13. The molecule has 1 amide bonds. The van der Waals surface area contributed by atoms with Crippen LogP contribution in [0.15, 0.2) is 178 Å². The number of aromatic hydroxyl groups is 2. The average Bonchev–Trinajstić information content (AvgIpc) is 3.88. The lowest BCUT2D eigenvalue weighted by Gasteiger charge is -2.13. The molecule has 12 nitrogen and oxygen atoms in total. The molecule has 0 saturated carbocycles. The number of ketones is 1. The minimum absolute atomic E-state index is 0.00140. The number of nitrogens with one attached hydrogen (secondary N) is 3. The monoisotopic (exact) mass is 911 g/mol. The molecular formula is C55H38ClN7O5. The average molecular weight is 912 g/mol. The fourth-order valence-electron chi connectivity index (χ4n) is 8.91. The number of phenolic OH excluding ortho intramolecular Hbond substituents is 2. The van der Waals surface area contributed by atoms with Gasteiger partial charge in [-0.15, -0.1) is 10.2 Å². The third-order valence-corrected chi connectivity index (χ3v) is 12.6. The summed E-state index contributed by atoms with van der Waals surface area (Å²) in [6, 6.07) is 48.0. The van der Waals surface area contributed by atoms with Crippen molar-refractivity contribution in [3.05, 3.63) is 191 Å². The standard InChI is InChI=1S/C55H38ClN7O5/c1-2-30-11-4-8-16-45(30)58-55(67)43-26-32-19-22-40-39-14-6-9-17-46(39)57-49(40)48(32)51(54(43)66)62-60-35-21-24-38-37-23-20-34(27-41(37)53(65)42(38)28-35)59-61-50-36-13-5-3-12-31(36)25-33(52(50)64)29-68-63-47-18-10-7-15-44(47)56/h3-28,57,63-64,66H,2,29H2,1H3,(H,58,67). The Morgan fingerprint density at radius 2 is 1.28 bits per heavy atom. The molecule has 0 fully saturated rings. The van der Waals surface area contributed by atoms with E-state index in [4.69, 9.17) is 16.4 Å². The van der Waals surface area contributed by atoms with Crippen LogP contribution in [0.5, 0.6) is 11.5 Å². The zero-order chi connectivity index (χ0) is 46.5. The maximum Gasteiger partial charge on any atom is 0.259 e. The largest absolute Gasteiger partial charge is 0.505 e. The first-order valence-electron chi connectivity index (χ1n) is 21.8. The third-order valence-electron chi connectivity index (χ3n) is 12.3. The van der Waals surface area contributed by atoms with Crippen LogP contribution in [0.2, 0.25) is 5.02 Å². The number of anilines is 2. The van der Waals surface area contributed by atoms with Crippen LogP contribution in [-0.4, -0.2) is 26.9 Å². The quantitative estimate of drug-likeness (QED) is 0.0638. The molecule has 68 heavy (non-hydrogen) atoms. The highest BCUT2D eigenvalue weighted by molar-refractivity contribution is 6.33. The maximum absolute atomic E-state index is 14.1. The first kappa shape index (κ1) is 42.0. The van der Waals surface area contributed by atoms with Gasteiger partial charge in [0.25, 0.3) is 5.91 Å². The van der Waals surface area contributed by atoms with Crippen molar-refractivity contribution in [2.45, 2.75) is 20.0 Å². The number of carbonyl (C=O) groups excluding carboxylic acids is 2. The summed E-state index contributed by atoms with van der Waals surface area (Å²) >= 11 is 6.27. The van der Waals surface area contributed by atoms with Gasteiger partial charge in [0, 0.05) is 49.4 Å². The number of amides is 1. The smallest absolute Gasteiger partial charge is 0.259 e. The lowest BCUT2D eigenvalue weighted by atomic mass is 9.99. The number of hydrogen-bond acceptors (Lipinski definition) is 10. The van der Waals surface area contributed by atoms with Gasteiger partial charge >= 0.3 is 0 Å². The second kappa shape index (κ2) is 17.3. The molecule has 0 saturated heterocycles. The number of hydrogen-bond donors (Lipinski definition) is 5. The number of halogens is 1. The molecule has 0 atom stereocenters. The first-order chi connectivity index (χ1) is 33.2. The van der Waals surface area contributed by atoms with Crippen molar-refractivity contribution in [3.8, 4) is 22.6 Å². The molecule has 1 aromatic heterocycles. The molecule has 1 heterocycles. The van der Waals surface area contributed by atoms with Crippen LogP contribution in [0.25, 0.3) is 54.5 Å². The number of nitrogens with zero attached hydrogens (tertiary/aromatic N) is 4. The molecule has 0 unspecified atom stereocenters.